The van der Waals surface area contributed by atoms with Crippen molar-refractivity contribution in [2.75, 3.05) is 0 Å². The zero-order valence-corrected chi connectivity index (χ0v) is 8.96. The van der Waals surface area contributed by atoms with Crippen LogP contribution in [0.4, 0.5) is 0 Å². The van der Waals surface area contributed by atoms with Crippen LogP contribution in [0, 0.1) is 6.92 Å². The molecule has 72 valence electrons. The van der Waals surface area contributed by atoms with Crippen molar-refractivity contribution in [1.29, 1.82) is 0 Å². The molecule has 0 aliphatic heterocycles. The Labute approximate surface area is 88.1 Å². The van der Waals surface area contributed by atoms with Gasteiger partial charge in [0.1, 0.15) is 0 Å². The van der Waals surface area contributed by atoms with Gasteiger partial charge in [-0.2, -0.15) is 0 Å². The topological polar surface area (TPSA) is 58.9 Å². The Morgan fingerprint density at radius 1 is 1.50 bits per heavy atom. The molecule has 0 aliphatic rings. The fourth-order valence-electron chi connectivity index (χ4n) is 1.15. The van der Waals surface area contributed by atoms with Gasteiger partial charge in [-0.1, -0.05) is 11.6 Å². The predicted octanol–water partition coefficient (Wildman–Crippen LogP) is 2.10. The highest BCUT2D eigenvalue weighted by molar-refractivity contribution is 9.10. The number of aromatic nitrogens is 2. The molecule has 0 radical (unpaired) electrons. The van der Waals surface area contributed by atoms with Gasteiger partial charge in [-0.25, -0.2) is 9.89 Å². The molecule has 0 amide bonds. The van der Waals surface area contributed by atoms with E-state index in [0.717, 1.165) is 15.6 Å². The molecule has 0 spiro atoms. The number of hydrogen-bond acceptors (Lipinski definition) is 3. The van der Waals surface area contributed by atoms with Crippen LogP contribution in [-0.4, -0.2) is 10.2 Å². The maximum Gasteiger partial charge on any atom is 0.434 e. The van der Waals surface area contributed by atoms with E-state index < -0.39 is 5.76 Å². The van der Waals surface area contributed by atoms with Crippen molar-refractivity contribution in [2.24, 2.45) is 0 Å². The smallest absolute Gasteiger partial charge is 0.388 e. The molecule has 0 saturated heterocycles. The molecule has 1 N–H and O–H groups in total. The minimum absolute atomic E-state index is 0.297. The SMILES string of the molecule is Cc1ccc(Br)c(-c2n[nH]c(=O)o2)c1. The summed E-state index contributed by atoms with van der Waals surface area (Å²) in [5.74, 6) is -0.251. The number of hydrogen-bond donors (Lipinski definition) is 1. The molecular formula is C9H7BrN2O2. The number of aromatic amines is 1. The molecule has 4 nitrogen and oxygen atoms in total. The van der Waals surface area contributed by atoms with Crippen LogP contribution in [0.5, 0.6) is 0 Å². The third kappa shape index (κ3) is 1.63. The number of benzene rings is 1. The van der Waals surface area contributed by atoms with Crippen molar-refractivity contribution in [1.82, 2.24) is 10.2 Å². The number of rotatable bonds is 1. The second kappa shape index (κ2) is 3.42. The van der Waals surface area contributed by atoms with Crippen LogP contribution < -0.4 is 5.76 Å². The van der Waals surface area contributed by atoms with E-state index >= 15 is 0 Å². The lowest BCUT2D eigenvalue weighted by Crippen LogP contribution is -1.93. The van der Waals surface area contributed by atoms with Crippen LogP contribution in [0.2, 0.25) is 0 Å². The van der Waals surface area contributed by atoms with Crippen LogP contribution in [0.3, 0.4) is 0 Å². The van der Waals surface area contributed by atoms with Crippen molar-refractivity contribution in [3.8, 4) is 11.5 Å². The van der Waals surface area contributed by atoms with Gasteiger partial charge in [0.25, 0.3) is 0 Å². The Morgan fingerprint density at radius 3 is 2.93 bits per heavy atom. The Bertz CT molecular complexity index is 516. The first kappa shape index (κ1) is 9.21. The lowest BCUT2D eigenvalue weighted by Gasteiger charge is -1.99. The standard InChI is InChI=1S/C9H7BrN2O2/c1-5-2-3-7(10)6(4-5)8-11-12-9(13)14-8/h2-4H,1H3,(H,12,13). The summed E-state index contributed by atoms with van der Waals surface area (Å²) in [6, 6.07) is 5.74. The van der Waals surface area contributed by atoms with E-state index in [1.807, 2.05) is 25.1 Å². The Morgan fingerprint density at radius 2 is 2.29 bits per heavy atom. The molecule has 0 saturated carbocycles. The maximum absolute atomic E-state index is 10.8. The van der Waals surface area contributed by atoms with Crippen LogP contribution in [0.1, 0.15) is 5.56 Å². The first-order valence-electron chi connectivity index (χ1n) is 3.99. The molecule has 2 aromatic rings. The molecular weight excluding hydrogens is 248 g/mol. The van der Waals surface area contributed by atoms with Crippen LogP contribution in [-0.2, 0) is 0 Å². The normalized spacial score (nSPS) is 10.4. The predicted molar refractivity (Wildman–Crippen MR) is 55.0 cm³/mol. The number of nitrogens with one attached hydrogen (secondary N) is 1. The molecule has 2 rings (SSSR count). The highest BCUT2D eigenvalue weighted by Gasteiger charge is 2.08. The summed E-state index contributed by atoms with van der Waals surface area (Å²) >= 11 is 3.36. The largest absolute Gasteiger partial charge is 0.434 e. The number of nitrogens with zero attached hydrogens (tertiary/aromatic N) is 1. The molecule has 0 aliphatic carbocycles. The van der Waals surface area contributed by atoms with Gasteiger partial charge in [0.2, 0.25) is 5.89 Å². The van der Waals surface area contributed by atoms with Gasteiger partial charge in [0, 0.05) is 4.47 Å². The fourth-order valence-corrected chi connectivity index (χ4v) is 1.56. The summed E-state index contributed by atoms with van der Waals surface area (Å²) in [6.45, 7) is 1.96. The van der Waals surface area contributed by atoms with Gasteiger partial charge >= 0.3 is 5.76 Å². The first-order valence-corrected chi connectivity index (χ1v) is 4.78. The molecule has 1 aromatic heterocycles. The van der Waals surface area contributed by atoms with E-state index in [4.69, 9.17) is 4.42 Å². The molecule has 5 heteroatoms. The van der Waals surface area contributed by atoms with E-state index in [9.17, 15) is 4.79 Å². The Kier molecular flexibility index (Phi) is 2.25. The monoisotopic (exact) mass is 254 g/mol. The van der Waals surface area contributed by atoms with Crippen molar-refractivity contribution in [2.45, 2.75) is 6.92 Å². The molecule has 0 bridgehead atoms. The Balaban J connectivity index is 2.61. The summed E-state index contributed by atoms with van der Waals surface area (Å²) in [6.07, 6.45) is 0. The summed E-state index contributed by atoms with van der Waals surface area (Å²) in [5, 5.41) is 5.97. The van der Waals surface area contributed by atoms with Crippen LogP contribution >= 0.6 is 15.9 Å². The average Bonchev–Trinajstić information content (AvgIpc) is 2.56. The first-order chi connectivity index (χ1) is 6.66. The molecule has 0 fully saturated rings. The third-order valence-electron chi connectivity index (χ3n) is 1.79. The van der Waals surface area contributed by atoms with E-state index in [0.29, 0.717) is 5.89 Å². The zero-order chi connectivity index (χ0) is 10.1. The summed E-state index contributed by atoms with van der Waals surface area (Å²) in [5.41, 5.74) is 1.84. The van der Waals surface area contributed by atoms with Gasteiger partial charge in [-0.05, 0) is 35.0 Å². The molecule has 0 atom stereocenters. The van der Waals surface area contributed by atoms with Crippen molar-refractivity contribution in [3.63, 3.8) is 0 Å². The average molecular weight is 255 g/mol. The fraction of sp³-hybridized carbons (Fsp3) is 0.111. The second-order valence-electron chi connectivity index (χ2n) is 2.90. The second-order valence-corrected chi connectivity index (χ2v) is 3.76. The van der Waals surface area contributed by atoms with Gasteiger partial charge in [0.15, 0.2) is 0 Å². The van der Waals surface area contributed by atoms with Crippen molar-refractivity contribution in [3.05, 3.63) is 38.8 Å². The van der Waals surface area contributed by atoms with E-state index in [1.165, 1.54) is 0 Å². The number of halogens is 1. The quantitative estimate of drug-likeness (QED) is 0.848. The number of aryl methyl sites for hydroxylation is 1. The van der Waals surface area contributed by atoms with Gasteiger partial charge < -0.3 is 4.42 Å². The maximum atomic E-state index is 10.8. The van der Waals surface area contributed by atoms with Crippen LogP contribution in [0.25, 0.3) is 11.5 Å². The third-order valence-corrected chi connectivity index (χ3v) is 2.48. The number of H-pyrrole nitrogens is 1. The summed E-state index contributed by atoms with van der Waals surface area (Å²) in [7, 11) is 0. The van der Waals surface area contributed by atoms with Crippen molar-refractivity contribution < 1.29 is 4.42 Å². The van der Waals surface area contributed by atoms with Gasteiger partial charge in [-0.15, -0.1) is 5.10 Å². The van der Waals surface area contributed by atoms with Crippen LogP contribution in [0.15, 0.2) is 31.9 Å². The highest BCUT2D eigenvalue weighted by Crippen LogP contribution is 2.26. The lowest BCUT2D eigenvalue weighted by atomic mass is 10.1. The van der Waals surface area contributed by atoms with E-state index in [-0.39, 0.29) is 0 Å². The molecule has 0 unspecified atom stereocenters. The summed E-state index contributed by atoms with van der Waals surface area (Å²) < 4.78 is 5.70. The minimum atomic E-state index is -0.548. The highest BCUT2D eigenvalue weighted by atomic mass is 79.9. The minimum Gasteiger partial charge on any atom is -0.388 e. The lowest BCUT2D eigenvalue weighted by molar-refractivity contribution is 0.526. The van der Waals surface area contributed by atoms with E-state index in [1.54, 1.807) is 0 Å². The van der Waals surface area contributed by atoms with E-state index in [2.05, 4.69) is 26.1 Å². The van der Waals surface area contributed by atoms with Gasteiger partial charge in [0.05, 0.1) is 5.56 Å². The van der Waals surface area contributed by atoms with Crippen molar-refractivity contribution >= 4 is 15.9 Å². The zero-order valence-electron chi connectivity index (χ0n) is 7.37. The molecule has 1 heterocycles. The molecule has 1 aromatic carbocycles. The summed E-state index contributed by atoms with van der Waals surface area (Å²) in [4.78, 5) is 10.8. The molecule has 14 heavy (non-hydrogen) atoms. The Hall–Kier alpha value is -1.36. The van der Waals surface area contributed by atoms with Gasteiger partial charge in [-0.3, -0.25) is 0 Å².